The zero-order valence-corrected chi connectivity index (χ0v) is 14.3. The highest BCUT2D eigenvalue weighted by molar-refractivity contribution is 7.99. The number of benzene rings is 2. The molecule has 0 atom stereocenters. The Labute approximate surface area is 149 Å². The molecular formula is C19H17N3O2S. The van der Waals surface area contributed by atoms with Gasteiger partial charge < -0.3 is 10.0 Å². The first kappa shape index (κ1) is 15.8. The molecule has 0 bridgehead atoms. The van der Waals surface area contributed by atoms with Gasteiger partial charge in [-0.2, -0.15) is 5.10 Å². The van der Waals surface area contributed by atoms with Crippen LogP contribution < -0.4 is 0 Å². The minimum atomic E-state index is -0.0546. The van der Waals surface area contributed by atoms with E-state index < -0.39 is 0 Å². The van der Waals surface area contributed by atoms with Crippen LogP contribution in [0.4, 0.5) is 0 Å². The van der Waals surface area contributed by atoms with Crippen molar-refractivity contribution in [2.45, 2.75) is 0 Å². The predicted molar refractivity (Wildman–Crippen MR) is 99.0 cm³/mol. The van der Waals surface area contributed by atoms with Gasteiger partial charge >= 0.3 is 0 Å². The van der Waals surface area contributed by atoms with Gasteiger partial charge in [0.05, 0.1) is 17.3 Å². The molecule has 0 radical (unpaired) electrons. The predicted octanol–water partition coefficient (Wildman–Crippen LogP) is 3.39. The lowest BCUT2D eigenvalue weighted by atomic mass is 10.1. The highest BCUT2D eigenvalue weighted by Crippen LogP contribution is 2.26. The van der Waals surface area contributed by atoms with Crippen LogP contribution in [0, 0.1) is 0 Å². The molecule has 0 aliphatic carbocycles. The van der Waals surface area contributed by atoms with Gasteiger partial charge in [0.25, 0.3) is 5.91 Å². The number of carbonyl (C=O) groups is 1. The van der Waals surface area contributed by atoms with Crippen LogP contribution in [0.15, 0.2) is 60.7 Å². The topological polar surface area (TPSA) is 58.4 Å². The van der Waals surface area contributed by atoms with Crippen LogP contribution in [-0.4, -0.2) is 43.9 Å². The van der Waals surface area contributed by atoms with Crippen molar-refractivity contribution in [1.29, 1.82) is 0 Å². The molecule has 0 saturated carbocycles. The van der Waals surface area contributed by atoms with Crippen molar-refractivity contribution in [3.8, 4) is 22.7 Å². The molecule has 25 heavy (non-hydrogen) atoms. The second-order valence-corrected chi connectivity index (χ2v) is 6.89. The second-order valence-electron chi connectivity index (χ2n) is 5.82. The lowest BCUT2D eigenvalue weighted by Crippen LogP contribution is -2.28. The van der Waals surface area contributed by atoms with E-state index in [-0.39, 0.29) is 11.7 Å². The molecule has 1 aromatic heterocycles. The number of nitrogens with zero attached hydrogens (tertiary/aromatic N) is 3. The third-order valence-corrected chi connectivity index (χ3v) is 5.08. The Morgan fingerprint density at radius 3 is 2.64 bits per heavy atom. The first-order valence-electron chi connectivity index (χ1n) is 8.04. The number of hydrogen-bond donors (Lipinski definition) is 1. The van der Waals surface area contributed by atoms with E-state index in [9.17, 15) is 9.90 Å². The van der Waals surface area contributed by atoms with E-state index in [1.54, 1.807) is 34.6 Å². The molecule has 5 nitrogen and oxygen atoms in total. The Morgan fingerprint density at radius 1 is 1.08 bits per heavy atom. The molecule has 1 amide bonds. The monoisotopic (exact) mass is 351 g/mol. The maximum atomic E-state index is 12.7. The fourth-order valence-corrected chi connectivity index (χ4v) is 3.80. The van der Waals surface area contributed by atoms with Gasteiger partial charge in [-0.25, -0.2) is 4.68 Å². The van der Waals surface area contributed by atoms with Crippen molar-refractivity contribution in [2.75, 3.05) is 18.2 Å². The zero-order valence-electron chi connectivity index (χ0n) is 13.5. The second kappa shape index (κ2) is 6.64. The Hall–Kier alpha value is -2.73. The molecule has 6 heteroatoms. The van der Waals surface area contributed by atoms with Crippen LogP contribution in [0.1, 0.15) is 10.5 Å². The lowest BCUT2D eigenvalue weighted by Gasteiger charge is -2.11. The first-order chi connectivity index (χ1) is 12.2. The highest BCUT2D eigenvalue weighted by Gasteiger charge is 2.24. The van der Waals surface area contributed by atoms with Crippen molar-refractivity contribution in [3.63, 3.8) is 0 Å². The van der Waals surface area contributed by atoms with Gasteiger partial charge in [0.15, 0.2) is 5.69 Å². The van der Waals surface area contributed by atoms with E-state index >= 15 is 0 Å². The number of rotatable bonds is 3. The third-order valence-electron chi connectivity index (χ3n) is 4.11. The molecule has 4 rings (SSSR count). The summed E-state index contributed by atoms with van der Waals surface area (Å²) in [7, 11) is 0. The molecule has 1 saturated heterocycles. The van der Waals surface area contributed by atoms with Crippen LogP contribution in [0.25, 0.3) is 16.9 Å². The van der Waals surface area contributed by atoms with Crippen LogP contribution >= 0.6 is 11.8 Å². The summed E-state index contributed by atoms with van der Waals surface area (Å²) in [6.07, 6.45) is 0. The smallest absolute Gasteiger partial charge is 0.275 e. The Kier molecular flexibility index (Phi) is 4.19. The summed E-state index contributed by atoms with van der Waals surface area (Å²) in [5.41, 5.74) is 2.92. The molecule has 3 aromatic rings. The van der Waals surface area contributed by atoms with Gasteiger partial charge in [-0.05, 0) is 18.2 Å². The van der Waals surface area contributed by atoms with Crippen molar-refractivity contribution < 1.29 is 9.90 Å². The summed E-state index contributed by atoms with van der Waals surface area (Å²) in [4.78, 5) is 14.5. The minimum Gasteiger partial charge on any atom is -0.508 e. The number of aromatic nitrogens is 2. The molecule has 1 aliphatic heterocycles. The summed E-state index contributed by atoms with van der Waals surface area (Å²) in [5.74, 6) is 1.78. The number of hydrogen-bond acceptors (Lipinski definition) is 4. The van der Waals surface area contributed by atoms with E-state index in [1.165, 1.54) is 0 Å². The van der Waals surface area contributed by atoms with Crippen molar-refractivity contribution in [3.05, 3.63) is 66.4 Å². The molecule has 1 fully saturated rings. The number of amides is 1. The fourth-order valence-electron chi connectivity index (χ4n) is 2.86. The van der Waals surface area contributed by atoms with Crippen LogP contribution in [0.3, 0.4) is 0 Å². The normalized spacial score (nSPS) is 14.0. The van der Waals surface area contributed by atoms with Crippen molar-refractivity contribution in [2.24, 2.45) is 0 Å². The molecule has 0 unspecified atom stereocenters. The van der Waals surface area contributed by atoms with Gasteiger partial charge in [0.1, 0.15) is 5.75 Å². The largest absolute Gasteiger partial charge is 0.508 e. The molecule has 126 valence electrons. The number of carbonyl (C=O) groups excluding carboxylic acids is 1. The third kappa shape index (κ3) is 3.13. The van der Waals surface area contributed by atoms with Gasteiger partial charge in [0.2, 0.25) is 0 Å². The van der Waals surface area contributed by atoms with E-state index in [1.807, 2.05) is 47.4 Å². The number of phenols is 1. The Bertz CT molecular complexity index is 902. The van der Waals surface area contributed by atoms with Gasteiger partial charge in [-0.3, -0.25) is 4.79 Å². The minimum absolute atomic E-state index is 0.0546. The van der Waals surface area contributed by atoms with Crippen molar-refractivity contribution >= 4 is 17.7 Å². The summed E-state index contributed by atoms with van der Waals surface area (Å²) >= 11 is 1.75. The molecule has 0 spiro atoms. The Balaban J connectivity index is 1.82. The molecular weight excluding hydrogens is 334 g/mol. The van der Waals surface area contributed by atoms with Gasteiger partial charge in [0, 0.05) is 23.9 Å². The van der Waals surface area contributed by atoms with Crippen LogP contribution in [0.2, 0.25) is 0 Å². The summed E-state index contributed by atoms with van der Waals surface area (Å²) in [6, 6.07) is 18.5. The average molecular weight is 351 g/mol. The van der Waals surface area contributed by atoms with E-state index in [0.717, 1.165) is 23.6 Å². The van der Waals surface area contributed by atoms with E-state index in [4.69, 9.17) is 0 Å². The fraction of sp³-hybridized carbons (Fsp3) is 0.158. The molecule has 2 aromatic carbocycles. The van der Waals surface area contributed by atoms with Crippen LogP contribution in [0.5, 0.6) is 5.75 Å². The van der Waals surface area contributed by atoms with Gasteiger partial charge in [-0.15, -0.1) is 11.8 Å². The van der Waals surface area contributed by atoms with E-state index in [2.05, 4.69) is 5.10 Å². The Morgan fingerprint density at radius 2 is 1.92 bits per heavy atom. The average Bonchev–Trinajstić information content (AvgIpc) is 3.32. The van der Waals surface area contributed by atoms with E-state index in [0.29, 0.717) is 17.3 Å². The number of aromatic hydroxyl groups is 1. The van der Waals surface area contributed by atoms with Gasteiger partial charge in [-0.1, -0.05) is 36.4 Å². The summed E-state index contributed by atoms with van der Waals surface area (Å²) in [5, 5.41) is 14.4. The maximum absolute atomic E-state index is 12.7. The summed E-state index contributed by atoms with van der Waals surface area (Å²) < 4.78 is 1.71. The van der Waals surface area contributed by atoms with Crippen LogP contribution in [-0.2, 0) is 0 Å². The highest BCUT2D eigenvalue weighted by atomic mass is 32.2. The van der Waals surface area contributed by atoms with Crippen molar-refractivity contribution in [1.82, 2.24) is 14.7 Å². The molecule has 1 N–H and O–H groups in total. The quantitative estimate of drug-likeness (QED) is 0.786. The lowest BCUT2D eigenvalue weighted by molar-refractivity contribution is 0.0796. The standard InChI is InChI=1S/C19H17N3O2S/c23-16-8-4-7-15(11-16)22-18(14-5-2-1-3-6-14)12-17(20-22)19(24)21-9-10-25-13-21/h1-8,11-12,23H,9-10,13H2. The maximum Gasteiger partial charge on any atom is 0.275 e. The summed E-state index contributed by atoms with van der Waals surface area (Å²) in [6.45, 7) is 0.753. The molecule has 1 aliphatic rings. The number of thioether (sulfide) groups is 1. The zero-order chi connectivity index (χ0) is 17.2. The SMILES string of the molecule is O=C(c1cc(-c2ccccc2)n(-c2cccc(O)c2)n1)N1CCSC1. The molecule has 2 heterocycles. The first-order valence-corrected chi connectivity index (χ1v) is 9.20. The number of phenolic OH excluding ortho intramolecular Hbond substituents is 1.